The lowest BCUT2D eigenvalue weighted by Gasteiger charge is -2.07. The Labute approximate surface area is 62.5 Å². The molecule has 1 heterocycles. The van der Waals surface area contributed by atoms with Crippen LogP contribution in [0.5, 0.6) is 0 Å². The number of rotatable bonds is 3. The summed E-state index contributed by atoms with van der Waals surface area (Å²) in [5, 5.41) is 0. The maximum atomic E-state index is 5.45. The van der Waals surface area contributed by atoms with E-state index < -0.39 is 0 Å². The molecular formula is C8H14O2. The van der Waals surface area contributed by atoms with Crippen molar-refractivity contribution < 1.29 is 9.47 Å². The van der Waals surface area contributed by atoms with Gasteiger partial charge in [0.05, 0.1) is 12.7 Å². The third-order valence-corrected chi connectivity index (χ3v) is 1.57. The summed E-state index contributed by atoms with van der Waals surface area (Å²) in [6.07, 6.45) is 3.08. The van der Waals surface area contributed by atoms with Crippen molar-refractivity contribution in [3.8, 4) is 0 Å². The van der Waals surface area contributed by atoms with Gasteiger partial charge in [-0.05, 0) is 19.8 Å². The maximum absolute atomic E-state index is 5.45. The van der Waals surface area contributed by atoms with E-state index in [0.717, 1.165) is 12.8 Å². The zero-order valence-electron chi connectivity index (χ0n) is 6.38. The molecule has 1 aliphatic rings. The fraction of sp³-hybridized carbons (Fsp3) is 0.875. The highest BCUT2D eigenvalue weighted by Gasteiger charge is 2.21. The van der Waals surface area contributed by atoms with Gasteiger partial charge in [0.25, 0.3) is 0 Å². The molecule has 1 rings (SSSR count). The van der Waals surface area contributed by atoms with Crippen LogP contribution in [0.2, 0.25) is 0 Å². The van der Waals surface area contributed by atoms with Crippen molar-refractivity contribution >= 4 is 0 Å². The largest absolute Gasteiger partial charge is 0.350 e. The highest BCUT2D eigenvalue weighted by atomic mass is 16.7. The van der Waals surface area contributed by atoms with Crippen molar-refractivity contribution in [1.82, 2.24) is 0 Å². The van der Waals surface area contributed by atoms with Crippen LogP contribution in [0.1, 0.15) is 26.2 Å². The minimum atomic E-state index is -0.193. The van der Waals surface area contributed by atoms with Crippen molar-refractivity contribution in [2.75, 3.05) is 6.61 Å². The molecule has 0 aromatic carbocycles. The fourth-order valence-corrected chi connectivity index (χ4v) is 0.998. The summed E-state index contributed by atoms with van der Waals surface area (Å²) >= 11 is 0. The lowest BCUT2D eigenvalue weighted by atomic mass is 10.2. The fourth-order valence-electron chi connectivity index (χ4n) is 0.998. The van der Waals surface area contributed by atoms with Crippen molar-refractivity contribution in [3.63, 3.8) is 0 Å². The summed E-state index contributed by atoms with van der Waals surface area (Å²) in [5.41, 5.74) is 0. The molecule has 2 nitrogen and oxygen atoms in total. The Morgan fingerprint density at radius 1 is 1.60 bits per heavy atom. The van der Waals surface area contributed by atoms with Crippen LogP contribution in [0.25, 0.3) is 0 Å². The van der Waals surface area contributed by atoms with Gasteiger partial charge in [0.15, 0.2) is 6.29 Å². The number of unbranched alkanes of at least 4 members (excludes halogenated alkanes) is 1. The van der Waals surface area contributed by atoms with Crippen molar-refractivity contribution in [3.05, 3.63) is 6.92 Å². The molecule has 0 aromatic rings. The van der Waals surface area contributed by atoms with Crippen LogP contribution >= 0.6 is 0 Å². The van der Waals surface area contributed by atoms with Crippen LogP contribution in [0.3, 0.4) is 0 Å². The second-order valence-electron chi connectivity index (χ2n) is 2.58. The van der Waals surface area contributed by atoms with Gasteiger partial charge in [-0.15, -0.1) is 0 Å². The standard InChI is InChI=1S/C8H14O2/c1-3-4-5-8-9-6-7(2)10-8/h2,7-8H,3-6H2,1H3. The van der Waals surface area contributed by atoms with E-state index in [1.807, 2.05) is 0 Å². The Morgan fingerprint density at radius 2 is 2.40 bits per heavy atom. The summed E-state index contributed by atoms with van der Waals surface area (Å²) in [6, 6.07) is 0. The first-order valence-corrected chi connectivity index (χ1v) is 3.85. The van der Waals surface area contributed by atoms with E-state index in [0.29, 0.717) is 6.61 Å². The van der Waals surface area contributed by atoms with Crippen LogP contribution in [0.4, 0.5) is 0 Å². The third-order valence-electron chi connectivity index (χ3n) is 1.57. The molecule has 58 valence electrons. The molecule has 1 saturated heterocycles. The normalized spacial score (nSPS) is 33.0. The maximum Gasteiger partial charge on any atom is 0.158 e. The van der Waals surface area contributed by atoms with Gasteiger partial charge in [-0.2, -0.15) is 0 Å². The molecule has 0 aliphatic carbocycles. The number of hydrogen-bond donors (Lipinski definition) is 0. The topological polar surface area (TPSA) is 18.5 Å². The number of ether oxygens (including phenoxy) is 2. The Hall–Kier alpha value is -0.0800. The zero-order chi connectivity index (χ0) is 7.40. The van der Waals surface area contributed by atoms with Gasteiger partial charge in [-0.25, -0.2) is 0 Å². The van der Waals surface area contributed by atoms with Gasteiger partial charge in [0.2, 0.25) is 0 Å². The van der Waals surface area contributed by atoms with Gasteiger partial charge in [0.1, 0.15) is 0 Å². The molecule has 2 radical (unpaired) electrons. The highest BCUT2D eigenvalue weighted by molar-refractivity contribution is 4.66. The molecule has 2 unspecified atom stereocenters. The molecule has 0 saturated carbocycles. The van der Waals surface area contributed by atoms with E-state index in [2.05, 4.69) is 6.92 Å². The predicted molar refractivity (Wildman–Crippen MR) is 38.4 cm³/mol. The average molecular weight is 142 g/mol. The zero-order valence-corrected chi connectivity index (χ0v) is 6.38. The Morgan fingerprint density at radius 3 is 2.90 bits per heavy atom. The first-order valence-electron chi connectivity index (χ1n) is 3.85. The molecule has 0 bridgehead atoms. The summed E-state index contributed by atoms with van der Waals surface area (Å²) in [5.74, 6) is 0. The first kappa shape index (κ1) is 8.02. The quantitative estimate of drug-likeness (QED) is 0.596. The van der Waals surface area contributed by atoms with Crippen molar-refractivity contribution in [2.24, 2.45) is 0 Å². The third kappa shape index (κ3) is 2.27. The monoisotopic (exact) mass is 142 g/mol. The average Bonchev–Trinajstić information content (AvgIpc) is 2.31. The lowest BCUT2D eigenvalue weighted by molar-refractivity contribution is -0.0568. The van der Waals surface area contributed by atoms with E-state index in [1.165, 1.54) is 6.42 Å². The first-order chi connectivity index (χ1) is 4.83. The molecular weight excluding hydrogens is 128 g/mol. The van der Waals surface area contributed by atoms with E-state index in [4.69, 9.17) is 16.4 Å². The van der Waals surface area contributed by atoms with Gasteiger partial charge >= 0.3 is 0 Å². The van der Waals surface area contributed by atoms with E-state index in [-0.39, 0.29) is 12.4 Å². The van der Waals surface area contributed by atoms with E-state index >= 15 is 0 Å². The second kappa shape index (κ2) is 3.94. The van der Waals surface area contributed by atoms with Crippen molar-refractivity contribution in [1.29, 1.82) is 0 Å². The Kier molecular flexibility index (Phi) is 3.16. The van der Waals surface area contributed by atoms with Gasteiger partial charge in [-0.1, -0.05) is 13.3 Å². The van der Waals surface area contributed by atoms with E-state index in [9.17, 15) is 0 Å². The SMILES string of the molecule is [CH]C1COC(CCCC)O1. The van der Waals surface area contributed by atoms with Crippen LogP contribution in [0, 0.1) is 6.92 Å². The molecule has 2 heteroatoms. The second-order valence-corrected chi connectivity index (χ2v) is 2.58. The number of hydrogen-bond acceptors (Lipinski definition) is 2. The molecule has 0 aromatic heterocycles. The summed E-state index contributed by atoms with van der Waals surface area (Å²) in [7, 11) is 0. The molecule has 0 spiro atoms. The van der Waals surface area contributed by atoms with Crippen molar-refractivity contribution in [2.45, 2.75) is 38.6 Å². The van der Waals surface area contributed by atoms with Gasteiger partial charge in [-0.3, -0.25) is 0 Å². The summed E-state index contributed by atoms with van der Waals surface area (Å²) in [6.45, 7) is 8.15. The minimum absolute atomic E-state index is 0.0325. The smallest absolute Gasteiger partial charge is 0.158 e. The highest BCUT2D eigenvalue weighted by Crippen LogP contribution is 2.15. The van der Waals surface area contributed by atoms with Crippen LogP contribution in [-0.2, 0) is 9.47 Å². The predicted octanol–water partition coefficient (Wildman–Crippen LogP) is 1.63. The Balaban J connectivity index is 2.06. The molecule has 2 atom stereocenters. The molecule has 1 aliphatic heterocycles. The van der Waals surface area contributed by atoms with E-state index in [1.54, 1.807) is 0 Å². The van der Waals surface area contributed by atoms with Crippen LogP contribution in [0.15, 0.2) is 0 Å². The Bertz CT molecular complexity index is 93.3. The molecule has 10 heavy (non-hydrogen) atoms. The van der Waals surface area contributed by atoms with Gasteiger partial charge in [0, 0.05) is 0 Å². The minimum Gasteiger partial charge on any atom is -0.350 e. The molecule has 0 N–H and O–H groups in total. The van der Waals surface area contributed by atoms with Crippen LogP contribution < -0.4 is 0 Å². The molecule has 1 fully saturated rings. The molecule has 0 amide bonds. The van der Waals surface area contributed by atoms with Crippen LogP contribution in [-0.4, -0.2) is 19.0 Å². The van der Waals surface area contributed by atoms with Gasteiger partial charge < -0.3 is 9.47 Å². The lowest BCUT2D eigenvalue weighted by Crippen LogP contribution is -2.08. The summed E-state index contributed by atoms with van der Waals surface area (Å²) in [4.78, 5) is 0. The summed E-state index contributed by atoms with van der Waals surface area (Å²) < 4.78 is 10.4.